The molecule has 0 spiro atoms. The molecule has 0 saturated carbocycles. The Bertz CT molecular complexity index is 763. The van der Waals surface area contributed by atoms with Gasteiger partial charge < -0.3 is 10.1 Å². The Labute approximate surface area is 168 Å². The normalized spacial score (nSPS) is 10.7. The van der Waals surface area contributed by atoms with E-state index in [-0.39, 0.29) is 12.5 Å². The van der Waals surface area contributed by atoms with Gasteiger partial charge in [-0.3, -0.25) is 4.79 Å². The zero-order valence-corrected chi connectivity index (χ0v) is 17.6. The SMILES string of the molecule is COc1c(I)cc(I)cc1/C=N/NC(=O)CNc1ccccc1C. The standard InChI is InChI=1S/C17H17I2N3O2/c1-11-5-3-4-6-15(11)20-10-16(23)22-21-9-12-7-13(18)8-14(19)17(12)24-2/h3-9,20H,10H2,1-2H3,(H,22,23)/b21-9+. The molecule has 0 bridgehead atoms. The number of hydrogen-bond acceptors (Lipinski definition) is 4. The number of anilines is 1. The van der Waals surface area contributed by atoms with Gasteiger partial charge in [0.2, 0.25) is 0 Å². The molecule has 2 aromatic rings. The molecule has 0 atom stereocenters. The molecule has 5 nitrogen and oxygen atoms in total. The molecule has 0 aromatic heterocycles. The number of nitrogens with one attached hydrogen (secondary N) is 2. The number of rotatable bonds is 6. The van der Waals surface area contributed by atoms with Crippen molar-refractivity contribution < 1.29 is 9.53 Å². The molecular weight excluding hydrogens is 532 g/mol. The second-order valence-corrected chi connectivity index (χ2v) is 7.38. The number of halogens is 2. The van der Waals surface area contributed by atoms with Crippen molar-refractivity contribution in [2.75, 3.05) is 19.0 Å². The number of hydrazone groups is 1. The van der Waals surface area contributed by atoms with E-state index in [0.29, 0.717) is 0 Å². The van der Waals surface area contributed by atoms with Crippen LogP contribution >= 0.6 is 45.2 Å². The number of carbonyl (C=O) groups is 1. The van der Waals surface area contributed by atoms with Gasteiger partial charge in [-0.15, -0.1) is 0 Å². The molecule has 2 aromatic carbocycles. The van der Waals surface area contributed by atoms with Crippen LogP contribution in [-0.4, -0.2) is 25.8 Å². The summed E-state index contributed by atoms with van der Waals surface area (Å²) in [5.74, 6) is 0.529. The lowest BCUT2D eigenvalue weighted by Gasteiger charge is -2.09. The maximum Gasteiger partial charge on any atom is 0.259 e. The van der Waals surface area contributed by atoms with Gasteiger partial charge in [-0.1, -0.05) is 18.2 Å². The number of nitrogens with zero attached hydrogens (tertiary/aromatic N) is 1. The number of benzene rings is 2. The lowest BCUT2D eigenvalue weighted by Crippen LogP contribution is -2.26. The van der Waals surface area contributed by atoms with Gasteiger partial charge in [-0.25, -0.2) is 5.43 Å². The zero-order chi connectivity index (χ0) is 17.5. The van der Waals surface area contributed by atoms with Crippen molar-refractivity contribution in [2.24, 2.45) is 5.10 Å². The van der Waals surface area contributed by atoms with Crippen molar-refractivity contribution in [2.45, 2.75) is 6.92 Å². The Kier molecular flexibility index (Phi) is 7.28. The van der Waals surface area contributed by atoms with Gasteiger partial charge in [0.1, 0.15) is 5.75 Å². The minimum atomic E-state index is -0.214. The van der Waals surface area contributed by atoms with Crippen molar-refractivity contribution in [1.29, 1.82) is 0 Å². The minimum Gasteiger partial charge on any atom is -0.495 e. The molecule has 7 heteroatoms. The summed E-state index contributed by atoms with van der Waals surface area (Å²) in [7, 11) is 1.62. The third-order valence-electron chi connectivity index (χ3n) is 3.22. The van der Waals surface area contributed by atoms with Crippen LogP contribution in [0, 0.1) is 14.1 Å². The highest BCUT2D eigenvalue weighted by Gasteiger charge is 2.07. The molecule has 24 heavy (non-hydrogen) atoms. The summed E-state index contributed by atoms with van der Waals surface area (Å²) in [6.07, 6.45) is 1.59. The first-order valence-corrected chi connectivity index (χ1v) is 9.31. The zero-order valence-electron chi connectivity index (χ0n) is 13.3. The summed E-state index contributed by atoms with van der Waals surface area (Å²) in [5, 5.41) is 7.11. The quantitative estimate of drug-likeness (QED) is 0.328. The van der Waals surface area contributed by atoms with E-state index in [1.807, 2.05) is 43.3 Å². The molecule has 0 aliphatic heterocycles. The summed E-state index contributed by atoms with van der Waals surface area (Å²) in [6, 6.07) is 11.8. The first-order chi connectivity index (χ1) is 11.5. The van der Waals surface area contributed by atoms with Crippen molar-refractivity contribution in [1.82, 2.24) is 5.43 Å². The monoisotopic (exact) mass is 549 g/mol. The highest BCUT2D eigenvalue weighted by molar-refractivity contribution is 14.1. The van der Waals surface area contributed by atoms with Crippen LogP contribution in [0.4, 0.5) is 5.69 Å². The highest BCUT2D eigenvalue weighted by atomic mass is 127. The highest BCUT2D eigenvalue weighted by Crippen LogP contribution is 2.26. The van der Waals surface area contributed by atoms with Crippen LogP contribution in [-0.2, 0) is 4.79 Å². The third-order valence-corrected chi connectivity index (χ3v) is 4.64. The number of hydrogen-bond donors (Lipinski definition) is 2. The fourth-order valence-corrected chi connectivity index (χ4v) is 4.16. The topological polar surface area (TPSA) is 62.7 Å². The number of ether oxygens (including phenoxy) is 1. The molecule has 0 radical (unpaired) electrons. The summed E-state index contributed by atoms with van der Waals surface area (Å²) in [6.45, 7) is 2.15. The number of methoxy groups -OCH3 is 1. The van der Waals surface area contributed by atoms with E-state index < -0.39 is 0 Å². The van der Waals surface area contributed by atoms with E-state index in [9.17, 15) is 4.79 Å². The molecule has 1 amide bonds. The van der Waals surface area contributed by atoms with Gasteiger partial charge in [-0.2, -0.15) is 5.10 Å². The van der Waals surface area contributed by atoms with Crippen molar-refractivity contribution in [3.8, 4) is 5.75 Å². The van der Waals surface area contributed by atoms with Gasteiger partial charge >= 0.3 is 0 Å². The van der Waals surface area contributed by atoms with E-state index in [2.05, 4.69) is 61.0 Å². The smallest absolute Gasteiger partial charge is 0.259 e. The third kappa shape index (κ3) is 5.33. The number of amides is 1. The number of carbonyl (C=O) groups excluding carboxylic acids is 1. The van der Waals surface area contributed by atoms with E-state index in [1.165, 1.54) is 0 Å². The lowest BCUT2D eigenvalue weighted by atomic mass is 10.2. The molecule has 0 unspecified atom stereocenters. The largest absolute Gasteiger partial charge is 0.495 e. The second kappa shape index (κ2) is 9.21. The summed E-state index contributed by atoms with van der Waals surface area (Å²) in [5.41, 5.74) is 5.36. The fraction of sp³-hybridized carbons (Fsp3) is 0.176. The van der Waals surface area contributed by atoms with E-state index in [4.69, 9.17) is 4.74 Å². The summed E-state index contributed by atoms with van der Waals surface area (Å²) < 4.78 is 7.45. The Balaban J connectivity index is 1.94. The van der Waals surface area contributed by atoms with Gasteiger partial charge in [0.15, 0.2) is 0 Å². The predicted octanol–water partition coefficient (Wildman–Crippen LogP) is 3.78. The molecule has 2 rings (SSSR count). The summed E-state index contributed by atoms with van der Waals surface area (Å²) >= 11 is 4.44. The molecule has 0 saturated heterocycles. The van der Waals surface area contributed by atoms with Gasteiger partial charge in [0.05, 0.1) is 23.4 Å². The Hall–Kier alpha value is -1.36. The van der Waals surface area contributed by atoms with Crippen LogP contribution < -0.4 is 15.5 Å². The summed E-state index contributed by atoms with van der Waals surface area (Å²) in [4.78, 5) is 11.9. The lowest BCUT2D eigenvalue weighted by molar-refractivity contribution is -0.119. The molecule has 2 N–H and O–H groups in total. The Morgan fingerprint density at radius 2 is 2.04 bits per heavy atom. The van der Waals surface area contributed by atoms with Crippen molar-refractivity contribution >= 4 is 63.0 Å². The molecule has 0 heterocycles. The average Bonchev–Trinajstić information content (AvgIpc) is 2.54. The first-order valence-electron chi connectivity index (χ1n) is 7.15. The number of aryl methyl sites for hydroxylation is 1. The van der Waals surface area contributed by atoms with Crippen LogP contribution in [0.5, 0.6) is 5.75 Å². The van der Waals surface area contributed by atoms with Gasteiger partial charge in [0, 0.05) is 14.8 Å². The van der Waals surface area contributed by atoms with Crippen LogP contribution in [0.15, 0.2) is 41.5 Å². The van der Waals surface area contributed by atoms with Crippen LogP contribution in [0.25, 0.3) is 0 Å². The maximum absolute atomic E-state index is 11.9. The molecular formula is C17H17I2N3O2. The van der Waals surface area contributed by atoms with Gasteiger partial charge in [0.25, 0.3) is 5.91 Å². The fourth-order valence-electron chi connectivity index (χ4n) is 2.05. The average molecular weight is 549 g/mol. The first kappa shape index (κ1) is 19.0. The predicted molar refractivity (Wildman–Crippen MR) is 114 cm³/mol. The molecule has 0 fully saturated rings. The van der Waals surface area contributed by atoms with Crippen LogP contribution in [0.3, 0.4) is 0 Å². The number of para-hydroxylation sites is 1. The van der Waals surface area contributed by atoms with Gasteiger partial charge in [-0.05, 0) is 75.9 Å². The molecule has 0 aliphatic carbocycles. The Morgan fingerprint density at radius 1 is 1.29 bits per heavy atom. The minimum absolute atomic E-state index is 0.156. The molecule has 0 aliphatic rings. The van der Waals surface area contributed by atoms with E-state index >= 15 is 0 Å². The second-order valence-electron chi connectivity index (χ2n) is 4.97. The van der Waals surface area contributed by atoms with E-state index in [1.54, 1.807) is 13.3 Å². The van der Waals surface area contributed by atoms with Crippen LogP contribution in [0.1, 0.15) is 11.1 Å². The van der Waals surface area contributed by atoms with E-state index in [0.717, 1.165) is 29.7 Å². The van der Waals surface area contributed by atoms with Crippen molar-refractivity contribution in [3.63, 3.8) is 0 Å². The molecule has 126 valence electrons. The Morgan fingerprint density at radius 3 is 2.75 bits per heavy atom. The maximum atomic E-state index is 11.9. The van der Waals surface area contributed by atoms with Crippen molar-refractivity contribution in [3.05, 3.63) is 54.7 Å². The van der Waals surface area contributed by atoms with Crippen LogP contribution in [0.2, 0.25) is 0 Å².